The topological polar surface area (TPSA) is 55.6 Å². The highest BCUT2D eigenvalue weighted by Crippen LogP contribution is 2.16. The van der Waals surface area contributed by atoms with Crippen molar-refractivity contribution in [2.75, 3.05) is 25.9 Å². The van der Waals surface area contributed by atoms with Gasteiger partial charge in [0, 0.05) is 19.3 Å². The molecule has 2 N–H and O–H groups in total. The average molecular weight is 312 g/mol. The fourth-order valence-corrected chi connectivity index (χ4v) is 2.27. The van der Waals surface area contributed by atoms with Crippen LogP contribution >= 0.6 is 0 Å². The summed E-state index contributed by atoms with van der Waals surface area (Å²) in [6, 6.07) is 15.4. The van der Waals surface area contributed by atoms with E-state index in [1.54, 1.807) is 4.90 Å². The number of nitrogens with zero attached hydrogens (tertiary/aromatic N) is 1. The van der Waals surface area contributed by atoms with Crippen LogP contribution in [-0.2, 0) is 11.2 Å². The number of likely N-dealkylation sites (N-methyl/N-ethyl adjacent to an activating group) is 1. The maximum atomic E-state index is 12.2. The zero-order valence-electron chi connectivity index (χ0n) is 13.8. The molecule has 122 valence electrons. The second-order valence-corrected chi connectivity index (χ2v) is 5.70. The van der Waals surface area contributed by atoms with E-state index < -0.39 is 0 Å². The van der Waals surface area contributed by atoms with E-state index in [0.717, 1.165) is 23.3 Å². The van der Waals surface area contributed by atoms with E-state index in [-0.39, 0.29) is 5.91 Å². The SMILES string of the molecule is Cc1ccccc1OCCCN(C)C(=O)Cc1ccc(N)cc1. The molecule has 0 aliphatic heterocycles. The molecule has 0 unspecified atom stereocenters. The Labute approximate surface area is 137 Å². The fraction of sp³-hybridized carbons (Fsp3) is 0.316. The van der Waals surface area contributed by atoms with Crippen LogP contribution in [0.3, 0.4) is 0 Å². The fourth-order valence-electron chi connectivity index (χ4n) is 2.27. The summed E-state index contributed by atoms with van der Waals surface area (Å²) < 4.78 is 5.75. The lowest BCUT2D eigenvalue weighted by atomic mass is 10.1. The average Bonchev–Trinajstić information content (AvgIpc) is 2.55. The predicted octanol–water partition coefficient (Wildman–Crippen LogP) is 3.05. The van der Waals surface area contributed by atoms with Crippen molar-refractivity contribution in [1.29, 1.82) is 0 Å². The Kier molecular flexibility index (Phi) is 6.03. The first-order valence-electron chi connectivity index (χ1n) is 7.83. The molecule has 0 atom stereocenters. The molecule has 0 radical (unpaired) electrons. The van der Waals surface area contributed by atoms with Crippen LogP contribution < -0.4 is 10.5 Å². The molecule has 2 aromatic rings. The molecule has 4 nitrogen and oxygen atoms in total. The maximum Gasteiger partial charge on any atom is 0.226 e. The van der Waals surface area contributed by atoms with Crippen LogP contribution in [0, 0.1) is 6.92 Å². The van der Waals surface area contributed by atoms with E-state index in [1.807, 2.05) is 62.5 Å². The van der Waals surface area contributed by atoms with Crippen LogP contribution in [-0.4, -0.2) is 31.0 Å². The number of para-hydroxylation sites is 1. The number of hydrogen-bond acceptors (Lipinski definition) is 3. The van der Waals surface area contributed by atoms with Crippen LogP contribution in [0.15, 0.2) is 48.5 Å². The first kappa shape index (κ1) is 16.9. The van der Waals surface area contributed by atoms with E-state index in [9.17, 15) is 4.79 Å². The van der Waals surface area contributed by atoms with Gasteiger partial charge in [-0.3, -0.25) is 4.79 Å². The van der Waals surface area contributed by atoms with Gasteiger partial charge < -0.3 is 15.4 Å². The number of carbonyl (C=O) groups excluding carboxylic acids is 1. The summed E-state index contributed by atoms with van der Waals surface area (Å²) in [6.45, 7) is 3.31. The molecule has 23 heavy (non-hydrogen) atoms. The van der Waals surface area contributed by atoms with Crippen molar-refractivity contribution >= 4 is 11.6 Å². The Morgan fingerprint density at radius 1 is 1.13 bits per heavy atom. The molecule has 0 aromatic heterocycles. The van der Waals surface area contributed by atoms with Gasteiger partial charge in [-0.2, -0.15) is 0 Å². The molecule has 0 aliphatic rings. The summed E-state index contributed by atoms with van der Waals surface area (Å²) >= 11 is 0. The molecule has 1 amide bonds. The summed E-state index contributed by atoms with van der Waals surface area (Å²) in [5.74, 6) is 1.01. The Morgan fingerprint density at radius 2 is 1.83 bits per heavy atom. The molecular formula is C19H24N2O2. The summed E-state index contributed by atoms with van der Waals surface area (Å²) in [4.78, 5) is 13.9. The second-order valence-electron chi connectivity index (χ2n) is 5.70. The lowest BCUT2D eigenvalue weighted by Gasteiger charge is -2.17. The minimum absolute atomic E-state index is 0.102. The highest BCUT2D eigenvalue weighted by molar-refractivity contribution is 5.78. The molecule has 2 rings (SSSR count). The van der Waals surface area contributed by atoms with Crippen molar-refractivity contribution in [3.8, 4) is 5.75 Å². The number of ether oxygens (including phenoxy) is 1. The van der Waals surface area contributed by atoms with Gasteiger partial charge in [0.1, 0.15) is 5.75 Å². The number of anilines is 1. The van der Waals surface area contributed by atoms with E-state index in [4.69, 9.17) is 10.5 Å². The number of nitrogen functional groups attached to an aromatic ring is 1. The molecule has 4 heteroatoms. The van der Waals surface area contributed by atoms with Crippen molar-refractivity contribution in [3.05, 3.63) is 59.7 Å². The summed E-state index contributed by atoms with van der Waals surface area (Å²) in [5.41, 5.74) is 8.46. The third-order valence-corrected chi connectivity index (χ3v) is 3.75. The van der Waals surface area contributed by atoms with Gasteiger partial charge in [0.05, 0.1) is 13.0 Å². The second kappa shape index (κ2) is 8.22. The Morgan fingerprint density at radius 3 is 2.52 bits per heavy atom. The largest absolute Gasteiger partial charge is 0.493 e. The number of amides is 1. The van der Waals surface area contributed by atoms with Crippen molar-refractivity contribution in [2.45, 2.75) is 19.8 Å². The van der Waals surface area contributed by atoms with Gasteiger partial charge >= 0.3 is 0 Å². The van der Waals surface area contributed by atoms with Gasteiger partial charge in [0.15, 0.2) is 0 Å². The third kappa shape index (κ3) is 5.33. The molecule has 0 aliphatic carbocycles. The molecule has 0 bridgehead atoms. The van der Waals surface area contributed by atoms with Crippen molar-refractivity contribution in [2.24, 2.45) is 0 Å². The van der Waals surface area contributed by atoms with E-state index >= 15 is 0 Å². The molecule has 0 heterocycles. The zero-order chi connectivity index (χ0) is 16.7. The van der Waals surface area contributed by atoms with Crippen molar-refractivity contribution < 1.29 is 9.53 Å². The smallest absolute Gasteiger partial charge is 0.226 e. The standard InChI is InChI=1S/C19H24N2O2/c1-15-6-3-4-7-18(15)23-13-5-12-21(2)19(22)14-16-8-10-17(20)11-9-16/h3-4,6-11H,5,12-14,20H2,1-2H3. The minimum atomic E-state index is 0.102. The highest BCUT2D eigenvalue weighted by Gasteiger charge is 2.09. The molecule has 2 aromatic carbocycles. The number of benzene rings is 2. The Hall–Kier alpha value is -2.49. The highest BCUT2D eigenvalue weighted by atomic mass is 16.5. The van der Waals surface area contributed by atoms with Crippen LogP contribution in [0.2, 0.25) is 0 Å². The van der Waals surface area contributed by atoms with Gasteiger partial charge in [0.25, 0.3) is 0 Å². The van der Waals surface area contributed by atoms with Crippen molar-refractivity contribution in [3.63, 3.8) is 0 Å². The van der Waals surface area contributed by atoms with Crippen LogP contribution in [0.4, 0.5) is 5.69 Å². The van der Waals surface area contributed by atoms with Gasteiger partial charge in [0.2, 0.25) is 5.91 Å². The molecule has 0 spiro atoms. The van der Waals surface area contributed by atoms with Gasteiger partial charge in [-0.1, -0.05) is 30.3 Å². The van der Waals surface area contributed by atoms with Gasteiger partial charge in [-0.25, -0.2) is 0 Å². The number of carbonyl (C=O) groups is 1. The first-order chi connectivity index (χ1) is 11.1. The molecule has 0 saturated heterocycles. The minimum Gasteiger partial charge on any atom is -0.493 e. The molecule has 0 fully saturated rings. The van der Waals surface area contributed by atoms with Gasteiger partial charge in [-0.15, -0.1) is 0 Å². The maximum absolute atomic E-state index is 12.2. The number of hydrogen-bond donors (Lipinski definition) is 1. The van der Waals surface area contributed by atoms with Crippen LogP contribution in [0.25, 0.3) is 0 Å². The molecule has 0 saturated carbocycles. The number of rotatable bonds is 7. The summed E-state index contributed by atoms with van der Waals surface area (Å²) in [5, 5.41) is 0. The van der Waals surface area contributed by atoms with E-state index in [0.29, 0.717) is 25.3 Å². The zero-order valence-corrected chi connectivity index (χ0v) is 13.8. The number of aryl methyl sites for hydroxylation is 1. The quantitative estimate of drug-likeness (QED) is 0.631. The number of nitrogens with two attached hydrogens (primary N) is 1. The van der Waals surface area contributed by atoms with E-state index in [1.165, 1.54) is 0 Å². The summed E-state index contributed by atoms with van der Waals surface area (Å²) in [7, 11) is 1.83. The lowest BCUT2D eigenvalue weighted by Crippen LogP contribution is -2.30. The van der Waals surface area contributed by atoms with Crippen LogP contribution in [0.1, 0.15) is 17.5 Å². The van der Waals surface area contributed by atoms with Crippen molar-refractivity contribution in [1.82, 2.24) is 4.90 Å². The van der Waals surface area contributed by atoms with Gasteiger partial charge in [-0.05, 0) is 42.7 Å². The first-order valence-corrected chi connectivity index (χ1v) is 7.83. The lowest BCUT2D eigenvalue weighted by molar-refractivity contribution is -0.129. The normalized spacial score (nSPS) is 10.3. The Bertz CT molecular complexity index is 638. The molecular weight excluding hydrogens is 288 g/mol. The van der Waals surface area contributed by atoms with Crippen LogP contribution in [0.5, 0.6) is 5.75 Å². The third-order valence-electron chi connectivity index (χ3n) is 3.75. The van der Waals surface area contributed by atoms with E-state index in [2.05, 4.69) is 0 Å². The predicted molar refractivity (Wildman–Crippen MR) is 93.5 cm³/mol. The summed E-state index contributed by atoms with van der Waals surface area (Å²) in [6.07, 6.45) is 1.20. The Balaban J connectivity index is 1.71. The monoisotopic (exact) mass is 312 g/mol.